The van der Waals surface area contributed by atoms with Crippen molar-refractivity contribution in [2.24, 2.45) is 0 Å². The lowest BCUT2D eigenvalue weighted by Gasteiger charge is -2.32. The maximum Gasteiger partial charge on any atom is 0.298 e. The SMILES string of the molecule is COc1ccc(C[NH+]2Cc3c(sc(C)c3C)N(C(=O)c3ccco3)C2)cc1. The van der Waals surface area contributed by atoms with Gasteiger partial charge in [0.1, 0.15) is 23.8 Å². The van der Waals surface area contributed by atoms with Gasteiger partial charge in [-0.3, -0.25) is 4.79 Å². The van der Waals surface area contributed by atoms with Gasteiger partial charge in [-0.1, -0.05) is 0 Å². The molecule has 0 saturated carbocycles. The number of nitrogens with one attached hydrogen (secondary N) is 1. The Kier molecular flexibility index (Phi) is 4.76. The number of amides is 1. The number of nitrogens with zero attached hydrogens (tertiary/aromatic N) is 1. The van der Waals surface area contributed by atoms with Crippen molar-refractivity contribution in [1.29, 1.82) is 0 Å². The fraction of sp³-hybridized carbons (Fsp3) is 0.286. The Morgan fingerprint density at radius 2 is 2.04 bits per heavy atom. The number of hydrogen-bond donors (Lipinski definition) is 1. The van der Waals surface area contributed by atoms with Crippen molar-refractivity contribution in [1.82, 2.24) is 0 Å². The number of hydrogen-bond acceptors (Lipinski definition) is 4. The summed E-state index contributed by atoms with van der Waals surface area (Å²) in [6.45, 7) is 6.66. The normalized spacial score (nSPS) is 16.3. The number of ether oxygens (including phenoxy) is 1. The molecule has 1 N–H and O–H groups in total. The average molecular weight is 383 g/mol. The first-order chi connectivity index (χ1) is 13.1. The van der Waals surface area contributed by atoms with Crippen molar-refractivity contribution in [3.8, 4) is 5.75 Å². The van der Waals surface area contributed by atoms with Crippen molar-refractivity contribution in [2.75, 3.05) is 18.7 Å². The number of carbonyl (C=O) groups is 1. The van der Waals surface area contributed by atoms with Crippen LogP contribution in [0.15, 0.2) is 47.1 Å². The van der Waals surface area contributed by atoms with E-state index in [4.69, 9.17) is 9.15 Å². The maximum atomic E-state index is 13.0. The lowest BCUT2D eigenvalue weighted by molar-refractivity contribution is -0.928. The fourth-order valence-electron chi connectivity index (χ4n) is 3.53. The van der Waals surface area contributed by atoms with Crippen LogP contribution in [-0.2, 0) is 13.1 Å². The zero-order chi connectivity index (χ0) is 19.0. The number of thiophene rings is 1. The molecule has 3 heterocycles. The molecule has 0 fully saturated rings. The van der Waals surface area contributed by atoms with E-state index in [9.17, 15) is 4.79 Å². The van der Waals surface area contributed by atoms with E-state index in [0.29, 0.717) is 12.4 Å². The summed E-state index contributed by atoms with van der Waals surface area (Å²) in [7, 11) is 1.67. The van der Waals surface area contributed by atoms with E-state index in [0.717, 1.165) is 23.8 Å². The van der Waals surface area contributed by atoms with Gasteiger partial charge in [-0.15, -0.1) is 11.3 Å². The third-order valence-electron chi connectivity index (χ3n) is 5.13. The number of carbonyl (C=O) groups excluding carboxylic acids is 1. The number of methoxy groups -OCH3 is 1. The number of quaternary nitrogens is 1. The van der Waals surface area contributed by atoms with E-state index >= 15 is 0 Å². The molecule has 5 nitrogen and oxygen atoms in total. The van der Waals surface area contributed by atoms with Crippen LogP contribution in [0.3, 0.4) is 0 Å². The van der Waals surface area contributed by atoms with E-state index in [1.807, 2.05) is 17.0 Å². The van der Waals surface area contributed by atoms with Gasteiger partial charge in [0.15, 0.2) is 12.4 Å². The summed E-state index contributed by atoms with van der Waals surface area (Å²) in [5.41, 5.74) is 3.79. The van der Waals surface area contributed by atoms with E-state index in [2.05, 4.69) is 26.0 Å². The summed E-state index contributed by atoms with van der Waals surface area (Å²) in [5.74, 6) is 1.17. The third kappa shape index (κ3) is 3.38. The van der Waals surface area contributed by atoms with Crippen LogP contribution in [0.1, 0.15) is 32.1 Å². The quantitative estimate of drug-likeness (QED) is 0.753. The summed E-state index contributed by atoms with van der Waals surface area (Å²) in [4.78, 5) is 17.5. The molecular formula is C21H23N2O3S+. The fourth-order valence-corrected chi connectivity index (χ4v) is 4.70. The predicted octanol–water partition coefficient (Wildman–Crippen LogP) is 3.17. The molecule has 0 saturated heterocycles. The molecule has 1 aliphatic rings. The van der Waals surface area contributed by atoms with Gasteiger partial charge in [-0.05, 0) is 55.8 Å². The molecule has 0 aliphatic carbocycles. The van der Waals surface area contributed by atoms with Crippen molar-refractivity contribution in [3.05, 3.63) is 70.0 Å². The van der Waals surface area contributed by atoms with Gasteiger partial charge in [0.2, 0.25) is 0 Å². The molecule has 1 aromatic carbocycles. The minimum Gasteiger partial charge on any atom is -0.497 e. The molecule has 4 rings (SSSR count). The molecule has 1 aliphatic heterocycles. The lowest BCUT2D eigenvalue weighted by atomic mass is 10.1. The highest BCUT2D eigenvalue weighted by Crippen LogP contribution is 2.36. The van der Waals surface area contributed by atoms with Gasteiger partial charge >= 0.3 is 0 Å². The Labute approximate surface area is 162 Å². The first kappa shape index (κ1) is 17.8. The summed E-state index contributed by atoms with van der Waals surface area (Å²) < 4.78 is 10.6. The number of fused-ring (bicyclic) bond motifs is 1. The second-order valence-electron chi connectivity index (χ2n) is 6.89. The number of anilines is 1. The first-order valence-electron chi connectivity index (χ1n) is 8.97. The van der Waals surface area contributed by atoms with Crippen molar-refractivity contribution in [2.45, 2.75) is 26.9 Å². The van der Waals surface area contributed by atoms with E-state index < -0.39 is 0 Å². The summed E-state index contributed by atoms with van der Waals surface area (Å²) in [5, 5.41) is 1.06. The highest BCUT2D eigenvalue weighted by atomic mass is 32.1. The van der Waals surface area contributed by atoms with Crippen LogP contribution >= 0.6 is 11.3 Å². The Hall–Kier alpha value is -2.57. The predicted molar refractivity (Wildman–Crippen MR) is 106 cm³/mol. The topological polar surface area (TPSA) is 47.1 Å². The largest absolute Gasteiger partial charge is 0.497 e. The molecule has 1 atom stereocenters. The molecule has 0 spiro atoms. The van der Waals surface area contributed by atoms with Crippen LogP contribution in [-0.4, -0.2) is 19.7 Å². The van der Waals surface area contributed by atoms with Crippen LogP contribution in [0, 0.1) is 13.8 Å². The van der Waals surface area contributed by atoms with Crippen LogP contribution < -0.4 is 14.5 Å². The van der Waals surface area contributed by atoms with Crippen LogP contribution in [0.5, 0.6) is 5.75 Å². The molecule has 1 amide bonds. The lowest BCUT2D eigenvalue weighted by Crippen LogP contribution is -3.12. The number of aryl methyl sites for hydroxylation is 1. The van der Waals surface area contributed by atoms with Gasteiger partial charge in [0, 0.05) is 16.0 Å². The van der Waals surface area contributed by atoms with Gasteiger partial charge in [-0.2, -0.15) is 0 Å². The second kappa shape index (κ2) is 7.21. The molecular weight excluding hydrogens is 360 g/mol. The Morgan fingerprint density at radius 1 is 1.26 bits per heavy atom. The number of benzene rings is 1. The van der Waals surface area contributed by atoms with Crippen molar-refractivity contribution < 1.29 is 18.8 Å². The van der Waals surface area contributed by atoms with Gasteiger partial charge < -0.3 is 14.1 Å². The van der Waals surface area contributed by atoms with Crippen LogP contribution in [0.25, 0.3) is 0 Å². The molecule has 1 unspecified atom stereocenters. The minimum atomic E-state index is -0.0746. The molecule has 27 heavy (non-hydrogen) atoms. The maximum absolute atomic E-state index is 13.0. The van der Waals surface area contributed by atoms with E-state index in [-0.39, 0.29) is 5.91 Å². The molecule has 140 valence electrons. The standard InChI is InChI=1S/C21H22N2O3S/c1-14-15(2)27-21-18(14)12-22(11-16-6-8-17(25-3)9-7-16)13-23(21)20(24)19-5-4-10-26-19/h4-10H,11-13H2,1-3H3/p+1. The van der Waals surface area contributed by atoms with Crippen LogP contribution in [0.4, 0.5) is 5.00 Å². The highest BCUT2D eigenvalue weighted by Gasteiger charge is 2.34. The zero-order valence-electron chi connectivity index (χ0n) is 15.7. The number of furan rings is 1. The molecule has 0 radical (unpaired) electrons. The van der Waals surface area contributed by atoms with Crippen LogP contribution in [0.2, 0.25) is 0 Å². The molecule has 3 aromatic rings. The first-order valence-corrected chi connectivity index (χ1v) is 9.79. The smallest absolute Gasteiger partial charge is 0.298 e. The average Bonchev–Trinajstić information content (AvgIpc) is 3.31. The summed E-state index contributed by atoms with van der Waals surface area (Å²) in [6.07, 6.45) is 1.55. The summed E-state index contributed by atoms with van der Waals surface area (Å²) in [6, 6.07) is 11.6. The Morgan fingerprint density at radius 3 is 2.70 bits per heavy atom. The Bertz CT molecular complexity index is 945. The van der Waals surface area contributed by atoms with Gasteiger partial charge in [0.25, 0.3) is 5.91 Å². The summed E-state index contributed by atoms with van der Waals surface area (Å²) >= 11 is 1.70. The van der Waals surface area contributed by atoms with Crippen molar-refractivity contribution >= 4 is 22.2 Å². The Balaban J connectivity index is 1.63. The molecule has 6 heteroatoms. The van der Waals surface area contributed by atoms with Gasteiger partial charge in [-0.25, -0.2) is 4.90 Å². The molecule has 0 bridgehead atoms. The monoisotopic (exact) mass is 383 g/mol. The van der Waals surface area contributed by atoms with E-state index in [1.54, 1.807) is 36.8 Å². The van der Waals surface area contributed by atoms with E-state index in [1.165, 1.54) is 26.5 Å². The van der Waals surface area contributed by atoms with Crippen molar-refractivity contribution in [3.63, 3.8) is 0 Å². The second-order valence-corrected chi connectivity index (χ2v) is 8.09. The number of rotatable bonds is 4. The third-order valence-corrected chi connectivity index (χ3v) is 6.41. The molecule has 2 aromatic heterocycles. The minimum absolute atomic E-state index is 0.0746. The van der Waals surface area contributed by atoms with Gasteiger partial charge in [0.05, 0.1) is 13.4 Å². The zero-order valence-corrected chi connectivity index (χ0v) is 16.6. The highest BCUT2D eigenvalue weighted by molar-refractivity contribution is 7.16.